The summed E-state index contributed by atoms with van der Waals surface area (Å²) in [5.74, 6) is 0.949. The molecule has 1 aromatic carbocycles. The van der Waals surface area contributed by atoms with E-state index in [9.17, 15) is 4.79 Å². The highest BCUT2D eigenvalue weighted by Gasteiger charge is 2.15. The SMILES string of the molecule is C=CCc1cc(C(=O)NCc2ccccn2)cc(OC)c1OC. The van der Waals surface area contributed by atoms with Crippen molar-refractivity contribution in [2.45, 2.75) is 13.0 Å². The van der Waals surface area contributed by atoms with Crippen molar-refractivity contribution < 1.29 is 14.3 Å². The fraction of sp³-hybridized carbons (Fsp3) is 0.222. The van der Waals surface area contributed by atoms with Crippen molar-refractivity contribution in [3.63, 3.8) is 0 Å². The standard InChI is InChI=1S/C18H20N2O3/c1-4-7-13-10-14(11-16(22-2)17(13)23-3)18(21)20-12-15-8-5-6-9-19-15/h4-6,8-11H,1,7,12H2,2-3H3,(H,20,21). The van der Waals surface area contributed by atoms with Crippen molar-refractivity contribution in [3.8, 4) is 11.5 Å². The molecular formula is C18H20N2O3. The minimum atomic E-state index is -0.193. The molecule has 0 aliphatic carbocycles. The van der Waals surface area contributed by atoms with Gasteiger partial charge in [0.2, 0.25) is 0 Å². The number of pyridine rings is 1. The van der Waals surface area contributed by atoms with Crippen molar-refractivity contribution in [3.05, 3.63) is 66.0 Å². The zero-order chi connectivity index (χ0) is 16.7. The first-order chi connectivity index (χ1) is 11.2. The quantitative estimate of drug-likeness (QED) is 0.799. The lowest BCUT2D eigenvalue weighted by molar-refractivity contribution is 0.0950. The van der Waals surface area contributed by atoms with Crippen LogP contribution in [0.3, 0.4) is 0 Å². The monoisotopic (exact) mass is 312 g/mol. The van der Waals surface area contributed by atoms with E-state index in [-0.39, 0.29) is 5.91 Å². The lowest BCUT2D eigenvalue weighted by atomic mass is 10.0. The van der Waals surface area contributed by atoms with Crippen LogP contribution in [0.2, 0.25) is 0 Å². The predicted octanol–water partition coefficient (Wildman–Crippen LogP) is 2.76. The third kappa shape index (κ3) is 4.10. The van der Waals surface area contributed by atoms with Crippen LogP contribution < -0.4 is 14.8 Å². The van der Waals surface area contributed by atoms with E-state index in [4.69, 9.17) is 9.47 Å². The van der Waals surface area contributed by atoms with Crippen molar-refractivity contribution in [1.82, 2.24) is 10.3 Å². The molecule has 2 rings (SSSR count). The van der Waals surface area contributed by atoms with Gasteiger partial charge >= 0.3 is 0 Å². The van der Waals surface area contributed by atoms with E-state index in [0.29, 0.717) is 30.0 Å². The van der Waals surface area contributed by atoms with Gasteiger partial charge in [-0.05, 0) is 30.7 Å². The number of hydrogen-bond donors (Lipinski definition) is 1. The van der Waals surface area contributed by atoms with Crippen LogP contribution in [0.5, 0.6) is 11.5 Å². The first-order valence-corrected chi connectivity index (χ1v) is 7.23. The van der Waals surface area contributed by atoms with Crippen LogP contribution in [-0.4, -0.2) is 25.1 Å². The molecule has 0 fully saturated rings. The van der Waals surface area contributed by atoms with Gasteiger partial charge in [-0.15, -0.1) is 6.58 Å². The number of carbonyl (C=O) groups excluding carboxylic acids is 1. The molecule has 120 valence electrons. The van der Waals surface area contributed by atoms with Crippen LogP contribution in [0.1, 0.15) is 21.6 Å². The summed E-state index contributed by atoms with van der Waals surface area (Å²) in [6, 6.07) is 9.03. The van der Waals surface area contributed by atoms with Gasteiger partial charge in [-0.25, -0.2) is 0 Å². The van der Waals surface area contributed by atoms with E-state index in [0.717, 1.165) is 11.3 Å². The summed E-state index contributed by atoms with van der Waals surface area (Å²) in [4.78, 5) is 16.6. The molecule has 5 nitrogen and oxygen atoms in total. The van der Waals surface area contributed by atoms with Crippen LogP contribution in [-0.2, 0) is 13.0 Å². The third-order valence-corrected chi connectivity index (χ3v) is 3.34. The van der Waals surface area contributed by atoms with Crippen molar-refractivity contribution >= 4 is 5.91 Å². The number of amides is 1. The number of aromatic nitrogens is 1. The Morgan fingerprint density at radius 2 is 2.13 bits per heavy atom. The highest BCUT2D eigenvalue weighted by atomic mass is 16.5. The highest BCUT2D eigenvalue weighted by Crippen LogP contribution is 2.33. The summed E-state index contributed by atoms with van der Waals surface area (Å²) in [6.45, 7) is 4.10. The molecule has 0 unspecified atom stereocenters. The number of hydrogen-bond acceptors (Lipinski definition) is 4. The van der Waals surface area contributed by atoms with Gasteiger partial charge in [0.1, 0.15) is 0 Å². The molecule has 0 spiro atoms. The number of benzene rings is 1. The van der Waals surface area contributed by atoms with Gasteiger partial charge in [-0.2, -0.15) is 0 Å². The molecule has 0 atom stereocenters. The summed E-state index contributed by atoms with van der Waals surface area (Å²) >= 11 is 0. The number of rotatable bonds is 7. The average Bonchev–Trinajstić information content (AvgIpc) is 2.60. The fourth-order valence-electron chi connectivity index (χ4n) is 2.26. The number of nitrogens with one attached hydrogen (secondary N) is 1. The van der Waals surface area contributed by atoms with Gasteiger partial charge in [0.25, 0.3) is 5.91 Å². The smallest absolute Gasteiger partial charge is 0.251 e. The zero-order valence-electron chi connectivity index (χ0n) is 13.3. The summed E-state index contributed by atoms with van der Waals surface area (Å²) in [7, 11) is 3.12. The van der Waals surface area contributed by atoms with Gasteiger partial charge in [-0.3, -0.25) is 9.78 Å². The first-order valence-electron chi connectivity index (χ1n) is 7.23. The van der Waals surface area contributed by atoms with Crippen molar-refractivity contribution in [2.24, 2.45) is 0 Å². The lowest BCUT2D eigenvalue weighted by Gasteiger charge is -2.14. The predicted molar refractivity (Wildman–Crippen MR) is 88.9 cm³/mol. The van der Waals surface area contributed by atoms with Crippen molar-refractivity contribution in [2.75, 3.05) is 14.2 Å². The molecular weight excluding hydrogens is 292 g/mol. The van der Waals surface area contributed by atoms with E-state index in [1.807, 2.05) is 18.2 Å². The topological polar surface area (TPSA) is 60.5 Å². The maximum absolute atomic E-state index is 12.4. The Balaban J connectivity index is 2.22. The first kappa shape index (κ1) is 16.5. The Labute approximate surface area is 136 Å². The lowest BCUT2D eigenvalue weighted by Crippen LogP contribution is -2.23. The van der Waals surface area contributed by atoms with Crippen LogP contribution in [0.15, 0.2) is 49.2 Å². The summed E-state index contributed by atoms with van der Waals surface area (Å²) in [6.07, 6.45) is 4.04. The van der Waals surface area contributed by atoms with Gasteiger partial charge < -0.3 is 14.8 Å². The third-order valence-electron chi connectivity index (χ3n) is 3.34. The average molecular weight is 312 g/mol. The number of nitrogens with zero attached hydrogens (tertiary/aromatic N) is 1. The molecule has 0 saturated carbocycles. The maximum Gasteiger partial charge on any atom is 0.251 e. The van der Waals surface area contributed by atoms with Crippen LogP contribution >= 0.6 is 0 Å². The Morgan fingerprint density at radius 1 is 1.30 bits per heavy atom. The number of allylic oxidation sites excluding steroid dienone is 1. The summed E-state index contributed by atoms with van der Waals surface area (Å²) < 4.78 is 10.7. The molecule has 0 radical (unpaired) electrons. The second-order valence-corrected chi connectivity index (χ2v) is 4.87. The number of ether oxygens (including phenoxy) is 2. The van der Waals surface area contributed by atoms with Gasteiger partial charge in [-0.1, -0.05) is 12.1 Å². The summed E-state index contributed by atoms with van der Waals surface area (Å²) in [5, 5.41) is 2.85. The molecule has 1 N–H and O–H groups in total. The Bertz CT molecular complexity index is 684. The Hall–Kier alpha value is -2.82. The molecule has 0 aliphatic heterocycles. The minimum absolute atomic E-state index is 0.193. The maximum atomic E-state index is 12.4. The Morgan fingerprint density at radius 3 is 2.74 bits per heavy atom. The molecule has 1 amide bonds. The highest BCUT2D eigenvalue weighted by molar-refractivity contribution is 5.95. The van der Waals surface area contributed by atoms with Gasteiger partial charge in [0.05, 0.1) is 26.5 Å². The van der Waals surface area contributed by atoms with Crippen LogP contribution in [0.4, 0.5) is 0 Å². The van der Waals surface area contributed by atoms with Crippen LogP contribution in [0.25, 0.3) is 0 Å². The molecule has 1 heterocycles. The minimum Gasteiger partial charge on any atom is -0.493 e. The molecule has 5 heteroatoms. The van der Waals surface area contributed by atoms with E-state index in [1.54, 1.807) is 38.6 Å². The molecule has 0 saturated heterocycles. The Kier molecular flexibility index (Phi) is 5.74. The van der Waals surface area contributed by atoms with Gasteiger partial charge in [0.15, 0.2) is 11.5 Å². The van der Waals surface area contributed by atoms with E-state index in [1.165, 1.54) is 0 Å². The molecule has 1 aromatic heterocycles. The van der Waals surface area contributed by atoms with E-state index >= 15 is 0 Å². The van der Waals surface area contributed by atoms with E-state index in [2.05, 4.69) is 16.9 Å². The second-order valence-electron chi connectivity index (χ2n) is 4.87. The fourth-order valence-corrected chi connectivity index (χ4v) is 2.26. The largest absolute Gasteiger partial charge is 0.493 e. The normalized spacial score (nSPS) is 10.0. The van der Waals surface area contributed by atoms with Crippen LogP contribution in [0, 0.1) is 0 Å². The molecule has 2 aromatic rings. The molecule has 23 heavy (non-hydrogen) atoms. The van der Waals surface area contributed by atoms with E-state index < -0.39 is 0 Å². The number of carbonyl (C=O) groups is 1. The molecule has 0 aliphatic rings. The zero-order valence-corrected chi connectivity index (χ0v) is 13.3. The summed E-state index contributed by atoms with van der Waals surface area (Å²) in [5.41, 5.74) is 2.16. The second kappa shape index (κ2) is 7.98. The molecule has 0 bridgehead atoms. The van der Waals surface area contributed by atoms with Crippen molar-refractivity contribution in [1.29, 1.82) is 0 Å². The van der Waals surface area contributed by atoms with Gasteiger partial charge in [0, 0.05) is 17.3 Å². The number of methoxy groups -OCH3 is 2.